The van der Waals surface area contributed by atoms with Crippen LogP contribution in [0.3, 0.4) is 0 Å². The second kappa shape index (κ2) is 11.4. The van der Waals surface area contributed by atoms with Crippen molar-refractivity contribution in [2.24, 2.45) is 5.92 Å². The zero-order valence-electron chi connectivity index (χ0n) is 23.3. The molecule has 1 unspecified atom stereocenters. The molecular weight excluding hydrogens is 614 g/mol. The van der Waals surface area contributed by atoms with Crippen LogP contribution in [-0.4, -0.2) is 83.4 Å². The second-order valence-corrected chi connectivity index (χ2v) is 12.5. The van der Waals surface area contributed by atoms with Gasteiger partial charge in [-0.25, -0.2) is 22.6 Å². The Bertz CT molecular complexity index is 1710. The first-order valence-electron chi connectivity index (χ1n) is 13.4. The standard InChI is InChI=1S/C27H27F4N5O7S/c1-14(2)36-25(39)16(13-34(26(36)40)18-4-6-21(32-12-18)27(29,30)31)11-33-24(38)23-19(37)7-8-35(23)44(41,42)22-10-15-9-17(28)3-5-20(15)43-22/h3-6,9-10,12,14,16,19,23,37H,7-8,11,13H2,1-2H3,(H,33,38)/t16?,19-,23-/m0/s1. The quantitative estimate of drug-likeness (QED) is 0.374. The number of fused-ring (bicyclic) bond motifs is 1. The van der Waals surface area contributed by atoms with E-state index in [4.69, 9.17) is 4.42 Å². The molecule has 0 aliphatic carbocycles. The summed E-state index contributed by atoms with van der Waals surface area (Å²) < 4.78 is 85.6. The third kappa shape index (κ3) is 5.73. The number of hydrogen-bond donors (Lipinski definition) is 2. The van der Waals surface area contributed by atoms with Crippen molar-refractivity contribution in [3.63, 3.8) is 0 Å². The number of furan rings is 1. The maximum atomic E-state index is 13.6. The lowest BCUT2D eigenvalue weighted by Crippen LogP contribution is -2.61. The minimum absolute atomic E-state index is 0.00771. The minimum Gasteiger partial charge on any atom is -0.443 e. The predicted octanol–water partition coefficient (Wildman–Crippen LogP) is 2.72. The number of nitrogens with zero attached hydrogens (tertiary/aromatic N) is 4. The molecule has 236 valence electrons. The number of alkyl halides is 3. The molecule has 17 heteroatoms. The summed E-state index contributed by atoms with van der Waals surface area (Å²) in [6.45, 7) is 2.17. The number of nitrogens with one attached hydrogen (secondary N) is 1. The molecule has 2 aliphatic heterocycles. The fourth-order valence-corrected chi connectivity index (χ4v) is 6.82. The minimum atomic E-state index is -4.70. The number of hydrogen-bond acceptors (Lipinski definition) is 8. The first-order valence-corrected chi connectivity index (χ1v) is 14.9. The van der Waals surface area contributed by atoms with Gasteiger partial charge in [0.15, 0.2) is 0 Å². The number of amides is 4. The number of pyridine rings is 1. The van der Waals surface area contributed by atoms with Crippen LogP contribution in [0.1, 0.15) is 26.0 Å². The number of carbonyl (C=O) groups is 3. The number of benzene rings is 1. The van der Waals surface area contributed by atoms with Crippen molar-refractivity contribution >= 4 is 44.5 Å². The van der Waals surface area contributed by atoms with Gasteiger partial charge >= 0.3 is 12.2 Å². The van der Waals surface area contributed by atoms with Gasteiger partial charge in [-0.3, -0.25) is 19.4 Å². The Hall–Kier alpha value is -4.09. The van der Waals surface area contributed by atoms with E-state index < -0.39 is 74.8 Å². The summed E-state index contributed by atoms with van der Waals surface area (Å²) in [5.41, 5.74) is -1.08. The van der Waals surface area contributed by atoms with Crippen molar-refractivity contribution in [3.8, 4) is 0 Å². The number of halogens is 4. The molecule has 2 aliphatic rings. The van der Waals surface area contributed by atoms with Gasteiger partial charge in [-0.05, 0) is 50.6 Å². The van der Waals surface area contributed by atoms with Crippen LogP contribution in [0.5, 0.6) is 0 Å². The monoisotopic (exact) mass is 641 g/mol. The predicted molar refractivity (Wildman–Crippen MR) is 145 cm³/mol. The maximum absolute atomic E-state index is 13.6. The number of urea groups is 1. The van der Waals surface area contributed by atoms with Crippen molar-refractivity contribution < 1.29 is 49.9 Å². The van der Waals surface area contributed by atoms with Crippen LogP contribution in [0.15, 0.2) is 52.1 Å². The van der Waals surface area contributed by atoms with E-state index in [0.29, 0.717) is 6.07 Å². The Morgan fingerprint density at radius 1 is 1.18 bits per heavy atom. The molecule has 1 aromatic carbocycles. The number of sulfonamides is 1. The lowest BCUT2D eigenvalue weighted by molar-refractivity contribution is -0.141. The molecule has 3 atom stereocenters. The molecule has 12 nitrogen and oxygen atoms in total. The lowest BCUT2D eigenvalue weighted by Gasteiger charge is -2.40. The molecule has 44 heavy (non-hydrogen) atoms. The number of aliphatic hydroxyl groups excluding tert-OH is 1. The van der Waals surface area contributed by atoms with Gasteiger partial charge in [-0.15, -0.1) is 0 Å². The molecule has 2 N–H and O–H groups in total. The third-order valence-electron chi connectivity index (χ3n) is 7.42. The van der Waals surface area contributed by atoms with Crippen LogP contribution in [0.25, 0.3) is 11.0 Å². The van der Waals surface area contributed by atoms with Gasteiger partial charge in [0.25, 0.3) is 10.0 Å². The highest BCUT2D eigenvalue weighted by molar-refractivity contribution is 7.89. The molecular formula is C27H27F4N5O7S. The average molecular weight is 642 g/mol. The lowest BCUT2D eigenvalue weighted by atomic mass is 10.0. The van der Waals surface area contributed by atoms with Gasteiger partial charge in [-0.2, -0.15) is 17.5 Å². The number of aromatic nitrogens is 1. The van der Waals surface area contributed by atoms with Crippen molar-refractivity contribution in [2.75, 3.05) is 24.5 Å². The fraction of sp³-hybridized carbons (Fsp3) is 0.407. The number of rotatable bonds is 7. The molecule has 0 bridgehead atoms. The Morgan fingerprint density at radius 2 is 1.91 bits per heavy atom. The van der Waals surface area contributed by atoms with Crippen molar-refractivity contribution in [2.45, 2.75) is 49.7 Å². The Balaban J connectivity index is 1.35. The zero-order chi connectivity index (χ0) is 32.1. The summed E-state index contributed by atoms with van der Waals surface area (Å²) >= 11 is 0. The van der Waals surface area contributed by atoms with Gasteiger partial charge in [-0.1, -0.05) is 0 Å². The number of aliphatic hydroxyl groups is 1. The smallest absolute Gasteiger partial charge is 0.433 e. The van der Waals surface area contributed by atoms with Crippen molar-refractivity contribution in [3.05, 3.63) is 54.1 Å². The highest BCUT2D eigenvalue weighted by Crippen LogP contribution is 2.32. The molecule has 0 radical (unpaired) electrons. The van der Waals surface area contributed by atoms with E-state index in [1.807, 2.05) is 0 Å². The topological polar surface area (TPSA) is 153 Å². The van der Waals surface area contributed by atoms with E-state index in [1.54, 1.807) is 13.8 Å². The van der Waals surface area contributed by atoms with E-state index in [-0.39, 0.29) is 42.7 Å². The summed E-state index contributed by atoms with van der Waals surface area (Å²) in [5, 5.41) is 12.7. The molecule has 2 aromatic heterocycles. The normalized spacial score (nSPS) is 22.0. The number of anilines is 1. The van der Waals surface area contributed by atoms with Gasteiger partial charge in [0.2, 0.25) is 16.9 Å². The number of imide groups is 1. The van der Waals surface area contributed by atoms with Crippen LogP contribution in [0.4, 0.5) is 28.0 Å². The molecule has 3 aromatic rings. The Labute approximate surface area is 248 Å². The van der Waals surface area contributed by atoms with Crippen LogP contribution in [0, 0.1) is 11.7 Å². The Morgan fingerprint density at radius 3 is 2.55 bits per heavy atom. The summed E-state index contributed by atoms with van der Waals surface area (Å²) in [6.07, 6.45) is -5.34. The fourth-order valence-electron chi connectivity index (χ4n) is 5.24. The SMILES string of the molecule is CC(C)N1C(=O)C(CNC(=O)[C@@H]2[C@@H](O)CCN2S(=O)(=O)c2cc3cc(F)ccc3o2)CN(c2ccc(C(F)(F)F)nc2)C1=O. The third-order valence-corrected chi connectivity index (χ3v) is 9.16. The largest absolute Gasteiger partial charge is 0.443 e. The van der Waals surface area contributed by atoms with Crippen LogP contribution >= 0.6 is 0 Å². The van der Waals surface area contributed by atoms with E-state index >= 15 is 0 Å². The van der Waals surface area contributed by atoms with Crippen LogP contribution < -0.4 is 10.2 Å². The van der Waals surface area contributed by atoms with E-state index in [1.165, 1.54) is 6.07 Å². The highest BCUT2D eigenvalue weighted by Gasteiger charge is 2.47. The first-order chi connectivity index (χ1) is 20.6. The van der Waals surface area contributed by atoms with E-state index in [0.717, 1.165) is 44.6 Å². The summed E-state index contributed by atoms with van der Waals surface area (Å²) in [6, 6.07) is 3.24. The Kier molecular flexibility index (Phi) is 8.15. The van der Waals surface area contributed by atoms with E-state index in [2.05, 4.69) is 10.3 Å². The van der Waals surface area contributed by atoms with Gasteiger partial charge in [0, 0.05) is 37.1 Å². The van der Waals surface area contributed by atoms with E-state index in [9.17, 15) is 45.5 Å². The van der Waals surface area contributed by atoms with Crippen molar-refractivity contribution in [1.29, 1.82) is 0 Å². The van der Waals surface area contributed by atoms with Gasteiger partial charge < -0.3 is 14.8 Å². The first kappa shape index (κ1) is 31.3. The molecule has 5 rings (SSSR count). The molecule has 0 spiro atoms. The van der Waals surface area contributed by atoms with Crippen LogP contribution in [0.2, 0.25) is 0 Å². The zero-order valence-corrected chi connectivity index (χ0v) is 24.1. The highest BCUT2D eigenvalue weighted by atomic mass is 32.2. The van der Waals surface area contributed by atoms with Crippen molar-refractivity contribution in [1.82, 2.24) is 19.5 Å². The van der Waals surface area contributed by atoms with Gasteiger partial charge in [0.1, 0.15) is 23.1 Å². The second-order valence-electron chi connectivity index (χ2n) is 10.7. The molecule has 0 saturated carbocycles. The number of carbonyl (C=O) groups excluding carboxylic acids is 3. The van der Waals surface area contributed by atoms with Gasteiger partial charge in [0.05, 0.1) is 23.9 Å². The summed E-state index contributed by atoms with van der Waals surface area (Å²) in [7, 11) is -4.47. The maximum Gasteiger partial charge on any atom is 0.433 e. The summed E-state index contributed by atoms with van der Waals surface area (Å²) in [5.74, 6) is -3.27. The molecule has 2 fully saturated rings. The average Bonchev–Trinajstić information content (AvgIpc) is 3.56. The molecule has 4 heterocycles. The molecule has 2 saturated heterocycles. The van der Waals surface area contributed by atoms with Crippen LogP contribution in [-0.2, 0) is 25.8 Å². The molecule has 4 amide bonds. The summed E-state index contributed by atoms with van der Waals surface area (Å²) in [4.78, 5) is 45.0.